The molecule has 0 aliphatic heterocycles. The van der Waals surface area contributed by atoms with E-state index in [2.05, 4.69) is 5.32 Å². The van der Waals surface area contributed by atoms with Crippen molar-refractivity contribution in [1.29, 1.82) is 0 Å². The van der Waals surface area contributed by atoms with Crippen LogP contribution in [0, 0.1) is 20.8 Å². The fraction of sp³-hybridized carbons (Fsp3) is 0.263. The molecule has 0 saturated carbocycles. The van der Waals surface area contributed by atoms with Crippen LogP contribution in [0.5, 0.6) is 0 Å². The van der Waals surface area contributed by atoms with Gasteiger partial charge in [0.15, 0.2) is 0 Å². The Morgan fingerprint density at radius 2 is 1.70 bits per heavy atom. The lowest BCUT2D eigenvalue weighted by Gasteiger charge is -2.23. The standard InChI is InChI=1S/C19H22N2O2/c1-13-9-10-15(3)18(11-13)21(16(4)22)12-19(23)20-17-8-6-5-7-14(17)2/h5-11H,12H2,1-4H3,(H,20,23). The molecule has 0 aliphatic rings. The van der Waals surface area contributed by atoms with Crippen molar-refractivity contribution in [3.8, 4) is 0 Å². The third kappa shape index (κ3) is 4.19. The number of rotatable bonds is 4. The van der Waals surface area contributed by atoms with Gasteiger partial charge in [0, 0.05) is 18.3 Å². The highest BCUT2D eigenvalue weighted by atomic mass is 16.2. The molecule has 2 aromatic carbocycles. The highest BCUT2D eigenvalue weighted by Gasteiger charge is 2.18. The van der Waals surface area contributed by atoms with Crippen LogP contribution in [0.25, 0.3) is 0 Å². The SMILES string of the molecule is CC(=O)N(CC(=O)Nc1ccccc1C)c1cc(C)ccc1C. The zero-order valence-corrected chi connectivity index (χ0v) is 14.0. The maximum Gasteiger partial charge on any atom is 0.244 e. The first-order chi connectivity index (χ1) is 10.9. The van der Waals surface area contributed by atoms with Crippen molar-refractivity contribution in [2.75, 3.05) is 16.8 Å². The van der Waals surface area contributed by atoms with E-state index in [1.54, 1.807) is 0 Å². The molecule has 0 fully saturated rings. The summed E-state index contributed by atoms with van der Waals surface area (Å²) >= 11 is 0. The van der Waals surface area contributed by atoms with E-state index in [9.17, 15) is 9.59 Å². The van der Waals surface area contributed by atoms with Crippen LogP contribution in [-0.4, -0.2) is 18.4 Å². The molecule has 1 N–H and O–H groups in total. The number of carbonyl (C=O) groups is 2. The smallest absolute Gasteiger partial charge is 0.244 e. The van der Waals surface area contributed by atoms with Gasteiger partial charge in [0.1, 0.15) is 6.54 Å². The lowest BCUT2D eigenvalue weighted by atomic mass is 10.1. The second-order valence-corrected chi connectivity index (χ2v) is 5.76. The molecule has 0 atom stereocenters. The van der Waals surface area contributed by atoms with Gasteiger partial charge in [-0.2, -0.15) is 0 Å². The Hall–Kier alpha value is -2.62. The zero-order chi connectivity index (χ0) is 17.0. The normalized spacial score (nSPS) is 10.3. The van der Waals surface area contributed by atoms with E-state index in [1.807, 2.05) is 63.2 Å². The van der Waals surface area contributed by atoms with Crippen LogP contribution >= 0.6 is 0 Å². The van der Waals surface area contributed by atoms with Crippen LogP contribution in [0.4, 0.5) is 11.4 Å². The van der Waals surface area contributed by atoms with Crippen molar-refractivity contribution in [3.05, 3.63) is 59.2 Å². The molecular formula is C19H22N2O2. The Morgan fingerprint density at radius 3 is 2.35 bits per heavy atom. The monoisotopic (exact) mass is 310 g/mol. The quantitative estimate of drug-likeness (QED) is 0.938. The van der Waals surface area contributed by atoms with E-state index in [0.717, 1.165) is 28.1 Å². The molecule has 0 aliphatic carbocycles. The van der Waals surface area contributed by atoms with Crippen LogP contribution in [0.2, 0.25) is 0 Å². The minimum atomic E-state index is -0.213. The number of benzene rings is 2. The Morgan fingerprint density at radius 1 is 1.00 bits per heavy atom. The average Bonchev–Trinajstić information content (AvgIpc) is 2.49. The first kappa shape index (κ1) is 16.7. The first-order valence-corrected chi connectivity index (χ1v) is 7.59. The highest BCUT2D eigenvalue weighted by Crippen LogP contribution is 2.22. The van der Waals surface area contributed by atoms with Crippen molar-refractivity contribution in [3.63, 3.8) is 0 Å². The number of carbonyl (C=O) groups excluding carboxylic acids is 2. The molecule has 2 aromatic rings. The summed E-state index contributed by atoms with van der Waals surface area (Å²) in [7, 11) is 0. The summed E-state index contributed by atoms with van der Waals surface area (Å²) in [6.07, 6.45) is 0. The van der Waals surface area contributed by atoms with E-state index in [-0.39, 0.29) is 18.4 Å². The average molecular weight is 310 g/mol. The lowest BCUT2D eigenvalue weighted by Crippen LogP contribution is -2.37. The Kier molecular flexibility index (Phi) is 5.16. The zero-order valence-electron chi connectivity index (χ0n) is 14.0. The molecule has 0 unspecified atom stereocenters. The third-order valence-corrected chi connectivity index (χ3v) is 3.76. The second kappa shape index (κ2) is 7.09. The minimum absolute atomic E-state index is 0.00599. The van der Waals surface area contributed by atoms with E-state index >= 15 is 0 Å². The molecule has 4 nitrogen and oxygen atoms in total. The summed E-state index contributed by atoms with van der Waals surface area (Å²) in [6, 6.07) is 13.5. The lowest BCUT2D eigenvalue weighted by molar-refractivity contribution is -0.120. The van der Waals surface area contributed by atoms with E-state index < -0.39 is 0 Å². The number of para-hydroxylation sites is 1. The molecule has 0 spiro atoms. The first-order valence-electron chi connectivity index (χ1n) is 7.59. The fourth-order valence-corrected chi connectivity index (χ4v) is 2.42. The number of anilines is 2. The Bertz CT molecular complexity index is 738. The molecule has 0 aromatic heterocycles. The topological polar surface area (TPSA) is 49.4 Å². The third-order valence-electron chi connectivity index (χ3n) is 3.76. The van der Waals surface area contributed by atoms with Crippen LogP contribution in [0.3, 0.4) is 0 Å². The Labute approximate surface area is 137 Å². The summed E-state index contributed by atoms with van der Waals surface area (Å²) in [4.78, 5) is 25.9. The minimum Gasteiger partial charge on any atom is -0.324 e. The number of hydrogen-bond donors (Lipinski definition) is 1. The molecule has 0 saturated heterocycles. The van der Waals surface area contributed by atoms with Crippen molar-refractivity contribution in [2.24, 2.45) is 0 Å². The number of hydrogen-bond acceptors (Lipinski definition) is 2. The van der Waals surface area contributed by atoms with E-state index in [1.165, 1.54) is 11.8 Å². The van der Waals surface area contributed by atoms with Crippen molar-refractivity contribution < 1.29 is 9.59 Å². The molecule has 0 radical (unpaired) electrons. The number of nitrogens with one attached hydrogen (secondary N) is 1. The van der Waals surface area contributed by atoms with Crippen molar-refractivity contribution in [2.45, 2.75) is 27.7 Å². The summed E-state index contributed by atoms with van der Waals surface area (Å²) in [5.41, 5.74) is 4.55. The van der Waals surface area contributed by atoms with Gasteiger partial charge >= 0.3 is 0 Å². The molecule has 2 amide bonds. The fourth-order valence-electron chi connectivity index (χ4n) is 2.42. The maximum atomic E-state index is 12.3. The van der Waals surface area contributed by atoms with Gasteiger partial charge in [0.05, 0.1) is 0 Å². The molecule has 2 rings (SSSR count). The van der Waals surface area contributed by atoms with Crippen LogP contribution < -0.4 is 10.2 Å². The van der Waals surface area contributed by atoms with E-state index in [0.29, 0.717) is 0 Å². The van der Waals surface area contributed by atoms with Gasteiger partial charge < -0.3 is 10.2 Å². The van der Waals surface area contributed by atoms with Crippen molar-refractivity contribution in [1.82, 2.24) is 0 Å². The molecule has 0 bridgehead atoms. The number of nitrogens with zero attached hydrogens (tertiary/aromatic N) is 1. The molecule has 4 heteroatoms. The van der Waals surface area contributed by atoms with Gasteiger partial charge in [0.2, 0.25) is 11.8 Å². The Balaban J connectivity index is 2.20. The summed E-state index contributed by atoms with van der Waals surface area (Å²) in [5, 5.41) is 2.87. The van der Waals surface area contributed by atoms with Crippen LogP contribution in [0.1, 0.15) is 23.6 Å². The predicted octanol–water partition coefficient (Wildman–Crippen LogP) is 3.60. The second-order valence-electron chi connectivity index (χ2n) is 5.76. The van der Waals surface area contributed by atoms with Crippen molar-refractivity contribution >= 4 is 23.2 Å². The summed E-state index contributed by atoms with van der Waals surface area (Å²) in [6.45, 7) is 7.30. The molecular weight excluding hydrogens is 288 g/mol. The van der Waals surface area contributed by atoms with Gasteiger partial charge in [-0.25, -0.2) is 0 Å². The van der Waals surface area contributed by atoms with Gasteiger partial charge in [0.25, 0.3) is 0 Å². The van der Waals surface area contributed by atoms with Crippen LogP contribution in [-0.2, 0) is 9.59 Å². The van der Waals surface area contributed by atoms with Gasteiger partial charge in [-0.3, -0.25) is 9.59 Å². The predicted molar refractivity (Wildman–Crippen MR) is 93.8 cm³/mol. The maximum absolute atomic E-state index is 12.3. The molecule has 0 heterocycles. The summed E-state index contributed by atoms with van der Waals surface area (Å²) in [5.74, 6) is -0.367. The van der Waals surface area contributed by atoms with E-state index in [4.69, 9.17) is 0 Å². The van der Waals surface area contributed by atoms with Gasteiger partial charge in [-0.1, -0.05) is 30.3 Å². The van der Waals surface area contributed by atoms with Gasteiger partial charge in [-0.15, -0.1) is 0 Å². The van der Waals surface area contributed by atoms with Crippen LogP contribution in [0.15, 0.2) is 42.5 Å². The van der Waals surface area contributed by atoms with Gasteiger partial charge in [-0.05, 0) is 49.6 Å². The number of amides is 2. The molecule has 120 valence electrons. The molecule has 23 heavy (non-hydrogen) atoms. The number of aryl methyl sites for hydroxylation is 3. The largest absolute Gasteiger partial charge is 0.324 e. The summed E-state index contributed by atoms with van der Waals surface area (Å²) < 4.78 is 0. The highest BCUT2D eigenvalue weighted by molar-refractivity contribution is 6.02.